The van der Waals surface area contributed by atoms with E-state index < -0.39 is 32.3 Å². The Morgan fingerprint density at radius 3 is 1.54 bits per heavy atom. The summed E-state index contributed by atoms with van der Waals surface area (Å²) in [5, 5.41) is 3.10. The van der Waals surface area contributed by atoms with Gasteiger partial charge in [0.2, 0.25) is 0 Å². The van der Waals surface area contributed by atoms with Crippen LogP contribution in [0.25, 0.3) is 0 Å². The van der Waals surface area contributed by atoms with Gasteiger partial charge in [0, 0.05) is 5.20 Å². The topological polar surface area (TPSA) is 0 Å². The molecule has 0 spiro atoms. The van der Waals surface area contributed by atoms with Gasteiger partial charge in [-0.05, 0) is 17.3 Å². The molecule has 0 atom stereocenters. The summed E-state index contributed by atoms with van der Waals surface area (Å²) in [5.41, 5.74) is 7.80. The molecule has 0 bridgehead atoms. The Morgan fingerprint density at radius 2 is 1.15 bits per heavy atom. The molecule has 0 nitrogen and oxygen atoms in total. The minimum absolute atomic E-state index is 1.17. The zero-order valence-electron chi connectivity index (χ0n) is 20.0. The summed E-state index contributed by atoms with van der Waals surface area (Å²) in [7, 11) is -5.42. The molecule has 26 heavy (non-hydrogen) atoms. The summed E-state index contributed by atoms with van der Waals surface area (Å²) in [6.07, 6.45) is 0. The molecular formula is C22H46Si4. The van der Waals surface area contributed by atoms with Crippen LogP contribution in [0.5, 0.6) is 0 Å². The Labute approximate surface area is 170 Å². The van der Waals surface area contributed by atoms with E-state index in [1.165, 1.54) is 35.4 Å². The first kappa shape index (κ1) is 25.9. The molecular weight excluding hydrogens is 377 g/mol. The molecule has 0 aliphatic heterocycles. The molecule has 0 unspecified atom stereocenters. The van der Waals surface area contributed by atoms with Crippen molar-refractivity contribution < 1.29 is 0 Å². The van der Waals surface area contributed by atoms with Gasteiger partial charge >= 0.3 is 0 Å². The highest BCUT2D eigenvalue weighted by Gasteiger charge is 2.31. The molecule has 0 heterocycles. The molecule has 0 saturated heterocycles. The van der Waals surface area contributed by atoms with Gasteiger partial charge in [-0.25, -0.2) is 0 Å². The molecule has 0 aliphatic carbocycles. The summed E-state index contributed by atoms with van der Waals surface area (Å²) >= 11 is 0. The Hall–Kier alpha value is -0.0525. The fraction of sp³-hybridized carbons (Fsp3) is 0.773. The molecule has 0 radical (unpaired) electrons. The predicted molar refractivity (Wildman–Crippen MR) is 135 cm³/mol. The van der Waals surface area contributed by atoms with Crippen molar-refractivity contribution in [2.75, 3.05) is 0 Å². The van der Waals surface area contributed by atoms with Gasteiger partial charge in [-0.3, -0.25) is 0 Å². The smallest absolute Gasteiger partial charge is 0.127 e. The first-order valence-corrected chi connectivity index (χ1v) is 23.7. The number of hydrogen-bond acceptors (Lipinski definition) is 0. The van der Waals surface area contributed by atoms with E-state index in [0.29, 0.717) is 0 Å². The third kappa shape index (κ3) is 8.31. The van der Waals surface area contributed by atoms with Crippen LogP contribution < -0.4 is 0 Å². The number of hydrogen-bond donors (Lipinski definition) is 0. The van der Waals surface area contributed by atoms with Crippen molar-refractivity contribution >= 4 is 32.3 Å². The van der Waals surface area contributed by atoms with Crippen molar-refractivity contribution in [2.45, 2.75) is 110 Å². The number of rotatable bonds is 8. The molecule has 0 aromatic heterocycles. The van der Waals surface area contributed by atoms with Crippen LogP contribution in [-0.4, -0.2) is 32.3 Å². The second-order valence-corrected chi connectivity index (χ2v) is 30.8. The van der Waals surface area contributed by atoms with E-state index in [0.717, 1.165) is 0 Å². The fourth-order valence-electron chi connectivity index (χ4n) is 2.29. The average Bonchev–Trinajstić information content (AvgIpc) is 2.57. The van der Waals surface area contributed by atoms with E-state index >= 15 is 0 Å². The van der Waals surface area contributed by atoms with E-state index in [1.54, 1.807) is 5.20 Å². The van der Waals surface area contributed by atoms with Gasteiger partial charge < -0.3 is 0 Å². The minimum atomic E-state index is -1.49. The lowest BCUT2D eigenvalue weighted by atomic mass is 10.5. The second-order valence-electron chi connectivity index (χ2n) is 10.6. The molecule has 0 saturated carbocycles. The quantitative estimate of drug-likeness (QED) is 0.211. The molecule has 0 N–H and O–H groups in total. The Bertz CT molecular complexity index is 591. The van der Waals surface area contributed by atoms with Crippen molar-refractivity contribution in [3.63, 3.8) is 0 Å². The SMILES string of the molecule is CC[Si](C)(C)C#CC(=C=C(C[Si](C)(C)CC)[Si](C)(C)CC)[Si](C)(C)CC. The zero-order valence-corrected chi connectivity index (χ0v) is 24.0. The summed E-state index contributed by atoms with van der Waals surface area (Å²) < 4.78 is 0. The highest BCUT2D eigenvalue weighted by atomic mass is 28.3. The molecule has 0 aliphatic rings. The van der Waals surface area contributed by atoms with E-state index in [-0.39, 0.29) is 0 Å². The summed E-state index contributed by atoms with van der Waals surface area (Å²) in [6.45, 7) is 29.4. The first-order chi connectivity index (χ1) is 11.7. The van der Waals surface area contributed by atoms with Gasteiger partial charge in [0.1, 0.15) is 16.1 Å². The highest BCUT2D eigenvalue weighted by Crippen LogP contribution is 2.30. The van der Waals surface area contributed by atoms with Crippen molar-refractivity contribution in [3.05, 3.63) is 16.1 Å². The van der Waals surface area contributed by atoms with E-state index in [1.807, 2.05) is 0 Å². The number of allylic oxidation sites excluding steroid dienone is 1. The van der Waals surface area contributed by atoms with Gasteiger partial charge in [-0.15, -0.1) is 11.3 Å². The molecule has 0 fully saturated rings. The summed E-state index contributed by atoms with van der Waals surface area (Å²) in [5.74, 6) is 3.73. The van der Waals surface area contributed by atoms with Gasteiger partial charge in [-0.1, -0.05) is 104 Å². The maximum atomic E-state index is 4.06. The van der Waals surface area contributed by atoms with E-state index in [2.05, 4.69) is 97.3 Å². The normalized spacial score (nSPS) is 12.9. The molecule has 0 rings (SSSR count). The second kappa shape index (κ2) is 9.94. The van der Waals surface area contributed by atoms with Crippen LogP contribution in [0.4, 0.5) is 0 Å². The van der Waals surface area contributed by atoms with Crippen LogP contribution in [0.15, 0.2) is 16.1 Å². The molecule has 0 aromatic carbocycles. The monoisotopic (exact) mass is 422 g/mol. The molecule has 0 aromatic rings. The van der Waals surface area contributed by atoms with Crippen LogP contribution in [0.1, 0.15) is 27.7 Å². The molecule has 150 valence electrons. The van der Waals surface area contributed by atoms with Gasteiger partial charge in [0.05, 0.1) is 16.1 Å². The molecule has 4 heteroatoms. The van der Waals surface area contributed by atoms with Gasteiger partial charge in [0.25, 0.3) is 0 Å². The summed E-state index contributed by atoms with van der Waals surface area (Å²) in [4.78, 5) is 0. The first-order valence-electron chi connectivity index (χ1n) is 10.7. The van der Waals surface area contributed by atoms with Crippen LogP contribution in [0.2, 0.25) is 82.6 Å². The van der Waals surface area contributed by atoms with Crippen molar-refractivity contribution in [1.82, 2.24) is 0 Å². The van der Waals surface area contributed by atoms with Crippen LogP contribution in [-0.2, 0) is 0 Å². The lowest BCUT2D eigenvalue weighted by molar-refractivity contribution is 1.26. The lowest BCUT2D eigenvalue weighted by Gasteiger charge is -2.30. The van der Waals surface area contributed by atoms with Crippen LogP contribution in [0, 0.1) is 11.5 Å². The van der Waals surface area contributed by atoms with Gasteiger partial charge in [-0.2, -0.15) is 0 Å². The average molecular weight is 423 g/mol. The largest absolute Gasteiger partial charge is 0.132 e. The minimum Gasteiger partial charge on any atom is -0.127 e. The Kier molecular flexibility index (Phi) is 9.92. The van der Waals surface area contributed by atoms with Crippen LogP contribution in [0.3, 0.4) is 0 Å². The highest BCUT2D eigenvalue weighted by molar-refractivity contribution is 6.89. The third-order valence-electron chi connectivity index (χ3n) is 6.56. The standard InChI is InChI=1S/C22H46Si4/c1-13-23(5,6)18-17-21(25(9,10)15-3)19-22(26(11,12)16-4)20-24(7,8)14-2/h13-16,20H2,1-12H3. The maximum Gasteiger partial charge on any atom is 0.132 e. The van der Waals surface area contributed by atoms with Crippen LogP contribution >= 0.6 is 0 Å². The van der Waals surface area contributed by atoms with Crippen molar-refractivity contribution in [2.24, 2.45) is 0 Å². The zero-order chi connectivity index (χ0) is 20.8. The summed E-state index contributed by atoms with van der Waals surface area (Å²) in [6, 6.07) is 6.49. The van der Waals surface area contributed by atoms with Crippen molar-refractivity contribution in [3.8, 4) is 11.5 Å². The van der Waals surface area contributed by atoms with E-state index in [9.17, 15) is 0 Å². The Morgan fingerprint density at radius 1 is 0.654 bits per heavy atom. The van der Waals surface area contributed by atoms with E-state index in [4.69, 9.17) is 0 Å². The van der Waals surface area contributed by atoms with Gasteiger partial charge in [0.15, 0.2) is 0 Å². The molecule has 0 amide bonds. The predicted octanol–water partition coefficient (Wildman–Crippen LogP) is 7.97. The third-order valence-corrected chi connectivity index (χ3v) is 19.8. The lowest BCUT2D eigenvalue weighted by Crippen LogP contribution is -2.35. The maximum absolute atomic E-state index is 4.06. The fourth-order valence-corrected chi connectivity index (χ4v) is 9.96. The Balaban J connectivity index is 6.67. The van der Waals surface area contributed by atoms with Crippen molar-refractivity contribution in [1.29, 1.82) is 0 Å².